The number of nitrogens with one attached hydrogen (secondary N) is 1. The van der Waals surface area contributed by atoms with E-state index in [0.29, 0.717) is 23.9 Å². The van der Waals surface area contributed by atoms with Gasteiger partial charge in [-0.2, -0.15) is 0 Å². The van der Waals surface area contributed by atoms with Crippen LogP contribution in [0.4, 0.5) is 10.5 Å². The molecule has 0 radical (unpaired) electrons. The summed E-state index contributed by atoms with van der Waals surface area (Å²) in [6.07, 6.45) is 2.49. The van der Waals surface area contributed by atoms with Crippen molar-refractivity contribution in [3.63, 3.8) is 0 Å². The number of aliphatic carboxylic acids is 1. The summed E-state index contributed by atoms with van der Waals surface area (Å²) in [5.74, 6) is -0.0863. The van der Waals surface area contributed by atoms with Crippen LogP contribution in [0.3, 0.4) is 0 Å². The van der Waals surface area contributed by atoms with Crippen molar-refractivity contribution in [3.8, 4) is 5.75 Å². The van der Waals surface area contributed by atoms with E-state index in [9.17, 15) is 9.59 Å². The van der Waals surface area contributed by atoms with Gasteiger partial charge in [-0.05, 0) is 30.9 Å². The Morgan fingerprint density at radius 3 is 2.76 bits per heavy atom. The molecule has 6 nitrogen and oxygen atoms in total. The van der Waals surface area contributed by atoms with E-state index < -0.39 is 12.1 Å². The average molecular weight is 290 g/mol. The number of para-hydroxylation sites is 2. The Hall–Kier alpha value is -2.24. The summed E-state index contributed by atoms with van der Waals surface area (Å²) >= 11 is 0. The summed E-state index contributed by atoms with van der Waals surface area (Å²) in [6.45, 7) is 0.666. The Morgan fingerprint density at radius 2 is 2.10 bits per heavy atom. The number of hydrogen-bond acceptors (Lipinski definition) is 3. The van der Waals surface area contributed by atoms with Crippen molar-refractivity contribution in [2.45, 2.75) is 25.4 Å². The largest absolute Gasteiger partial charge is 0.478 e. The van der Waals surface area contributed by atoms with E-state index >= 15 is 0 Å². The molecule has 1 atom stereocenters. The number of anilines is 1. The van der Waals surface area contributed by atoms with Crippen molar-refractivity contribution in [2.75, 3.05) is 18.0 Å². The molecule has 0 spiro atoms. The van der Waals surface area contributed by atoms with Gasteiger partial charge in [0.05, 0.1) is 12.2 Å². The van der Waals surface area contributed by atoms with Gasteiger partial charge in [0.1, 0.15) is 5.75 Å². The highest BCUT2D eigenvalue weighted by Gasteiger charge is 2.33. The predicted octanol–water partition coefficient (Wildman–Crippen LogP) is 1.85. The van der Waals surface area contributed by atoms with Gasteiger partial charge in [-0.1, -0.05) is 18.6 Å². The van der Waals surface area contributed by atoms with Crippen LogP contribution >= 0.6 is 0 Å². The third kappa shape index (κ3) is 2.79. The minimum atomic E-state index is -1.07. The molecule has 112 valence electrons. The minimum Gasteiger partial charge on any atom is -0.478 e. The third-order valence-corrected chi connectivity index (χ3v) is 4.06. The van der Waals surface area contributed by atoms with Crippen molar-refractivity contribution in [3.05, 3.63) is 24.3 Å². The molecule has 21 heavy (non-hydrogen) atoms. The van der Waals surface area contributed by atoms with Crippen LogP contribution in [0.25, 0.3) is 0 Å². The van der Waals surface area contributed by atoms with Crippen LogP contribution in [0.1, 0.15) is 19.3 Å². The Kier molecular flexibility index (Phi) is 3.68. The van der Waals surface area contributed by atoms with Crippen molar-refractivity contribution in [1.82, 2.24) is 5.32 Å². The molecule has 6 heteroatoms. The topological polar surface area (TPSA) is 78.9 Å². The van der Waals surface area contributed by atoms with E-state index in [1.807, 2.05) is 0 Å². The molecule has 0 aromatic heterocycles. The molecule has 1 aliphatic carbocycles. The Bertz CT molecular complexity index is 556. The molecular formula is C15H18N2O4. The molecule has 2 aliphatic rings. The van der Waals surface area contributed by atoms with Gasteiger partial charge in [0, 0.05) is 6.54 Å². The zero-order valence-corrected chi connectivity index (χ0v) is 11.6. The van der Waals surface area contributed by atoms with Crippen LogP contribution in [-0.2, 0) is 4.79 Å². The monoisotopic (exact) mass is 290 g/mol. The number of carboxylic acids is 1. The maximum Gasteiger partial charge on any atom is 0.346 e. The van der Waals surface area contributed by atoms with Crippen molar-refractivity contribution >= 4 is 17.7 Å². The number of benzene rings is 1. The van der Waals surface area contributed by atoms with Gasteiger partial charge in [0.15, 0.2) is 0 Å². The molecule has 1 heterocycles. The number of ether oxygens (including phenoxy) is 1. The lowest BCUT2D eigenvalue weighted by molar-refractivity contribution is -0.144. The standard InChI is InChI=1S/C15H18N2O4/c18-14(19)13-9-17(11-6-1-2-7-12(11)21-13)15(20)16-8-10-4-3-5-10/h1-2,6-7,10,13H,3-5,8-9H2,(H,16,20)(H,18,19). The Morgan fingerprint density at radius 1 is 1.33 bits per heavy atom. The quantitative estimate of drug-likeness (QED) is 0.890. The van der Waals surface area contributed by atoms with E-state index in [-0.39, 0.29) is 12.6 Å². The zero-order chi connectivity index (χ0) is 14.8. The molecule has 1 aromatic rings. The van der Waals surface area contributed by atoms with Gasteiger partial charge in [0.2, 0.25) is 6.10 Å². The molecule has 1 unspecified atom stereocenters. The van der Waals surface area contributed by atoms with Crippen molar-refractivity contribution in [2.24, 2.45) is 5.92 Å². The first kappa shape index (κ1) is 13.7. The molecule has 0 bridgehead atoms. The number of fused-ring (bicyclic) bond motifs is 1. The molecule has 1 aromatic carbocycles. The second kappa shape index (κ2) is 5.63. The smallest absolute Gasteiger partial charge is 0.346 e. The number of carboxylic acid groups (broad SMARTS) is 1. The van der Waals surface area contributed by atoms with Gasteiger partial charge < -0.3 is 15.2 Å². The molecular weight excluding hydrogens is 272 g/mol. The highest BCUT2D eigenvalue weighted by atomic mass is 16.5. The number of rotatable bonds is 3. The number of hydrogen-bond donors (Lipinski definition) is 2. The van der Waals surface area contributed by atoms with E-state index in [2.05, 4.69) is 5.32 Å². The lowest BCUT2D eigenvalue weighted by Gasteiger charge is -2.34. The number of carbonyl (C=O) groups is 2. The first-order valence-electron chi connectivity index (χ1n) is 7.19. The first-order chi connectivity index (χ1) is 10.1. The van der Waals surface area contributed by atoms with Crippen LogP contribution in [-0.4, -0.2) is 36.3 Å². The van der Waals surface area contributed by atoms with Crippen LogP contribution in [0, 0.1) is 5.92 Å². The van der Waals surface area contributed by atoms with Crippen LogP contribution < -0.4 is 15.0 Å². The molecule has 1 fully saturated rings. The van der Waals surface area contributed by atoms with Gasteiger partial charge in [-0.3, -0.25) is 4.90 Å². The molecule has 3 rings (SSSR count). The molecule has 1 aliphatic heterocycles. The summed E-state index contributed by atoms with van der Waals surface area (Å²) < 4.78 is 5.41. The maximum atomic E-state index is 12.3. The molecule has 0 saturated heterocycles. The van der Waals surface area contributed by atoms with E-state index in [1.54, 1.807) is 24.3 Å². The minimum absolute atomic E-state index is 0.0167. The number of urea groups is 1. The summed E-state index contributed by atoms with van der Waals surface area (Å²) in [5.41, 5.74) is 0.612. The van der Waals surface area contributed by atoms with Crippen LogP contribution in [0.5, 0.6) is 5.75 Å². The van der Waals surface area contributed by atoms with Crippen molar-refractivity contribution < 1.29 is 19.4 Å². The summed E-state index contributed by atoms with van der Waals surface area (Å²) in [7, 11) is 0. The Balaban J connectivity index is 1.75. The Labute approximate surface area is 122 Å². The summed E-state index contributed by atoms with van der Waals surface area (Å²) in [5, 5.41) is 12.0. The van der Waals surface area contributed by atoms with Gasteiger partial charge in [-0.15, -0.1) is 0 Å². The highest BCUT2D eigenvalue weighted by molar-refractivity contribution is 5.95. The van der Waals surface area contributed by atoms with E-state index in [4.69, 9.17) is 9.84 Å². The lowest BCUT2D eigenvalue weighted by Crippen LogP contribution is -2.51. The second-order valence-electron chi connectivity index (χ2n) is 5.51. The molecule has 2 N–H and O–H groups in total. The fourth-order valence-corrected chi connectivity index (χ4v) is 2.58. The van der Waals surface area contributed by atoms with Gasteiger partial charge in [-0.25, -0.2) is 9.59 Å². The number of amides is 2. The third-order valence-electron chi connectivity index (χ3n) is 4.06. The first-order valence-corrected chi connectivity index (χ1v) is 7.19. The second-order valence-corrected chi connectivity index (χ2v) is 5.51. The van der Waals surface area contributed by atoms with E-state index in [1.165, 1.54) is 11.3 Å². The lowest BCUT2D eigenvalue weighted by atomic mass is 9.85. The van der Waals surface area contributed by atoms with Gasteiger partial charge >= 0.3 is 12.0 Å². The normalized spacial score (nSPS) is 21.0. The SMILES string of the molecule is O=C(O)C1CN(C(=O)NCC2CCC2)c2ccccc2O1. The highest BCUT2D eigenvalue weighted by Crippen LogP contribution is 2.33. The van der Waals surface area contributed by atoms with Crippen LogP contribution in [0.15, 0.2) is 24.3 Å². The summed E-state index contributed by atoms with van der Waals surface area (Å²) in [6, 6.07) is 6.74. The van der Waals surface area contributed by atoms with Crippen molar-refractivity contribution in [1.29, 1.82) is 0 Å². The van der Waals surface area contributed by atoms with Gasteiger partial charge in [0.25, 0.3) is 0 Å². The fraction of sp³-hybridized carbons (Fsp3) is 0.467. The number of nitrogens with zero attached hydrogens (tertiary/aromatic N) is 1. The number of carbonyl (C=O) groups excluding carboxylic acids is 1. The summed E-state index contributed by atoms with van der Waals surface area (Å²) in [4.78, 5) is 25.0. The van der Waals surface area contributed by atoms with Crippen LogP contribution in [0.2, 0.25) is 0 Å². The maximum absolute atomic E-state index is 12.3. The predicted molar refractivity (Wildman–Crippen MR) is 76.6 cm³/mol. The average Bonchev–Trinajstić information content (AvgIpc) is 2.44. The zero-order valence-electron chi connectivity index (χ0n) is 11.6. The van der Waals surface area contributed by atoms with E-state index in [0.717, 1.165) is 12.8 Å². The fourth-order valence-electron chi connectivity index (χ4n) is 2.58. The molecule has 1 saturated carbocycles. The molecule has 2 amide bonds.